The number of nitriles is 1. The Kier molecular flexibility index (Phi) is 5.29. The molecular weight excluding hydrogens is 236 g/mol. The maximum Gasteiger partial charge on any atom is 0.166 e. The molecule has 1 heterocycles. The van der Waals surface area contributed by atoms with E-state index in [9.17, 15) is 5.26 Å². The van der Waals surface area contributed by atoms with Gasteiger partial charge in [-0.05, 0) is 30.2 Å². The topological polar surface area (TPSA) is 61.6 Å². The van der Waals surface area contributed by atoms with E-state index < -0.39 is 0 Å². The first-order valence-corrected chi connectivity index (χ1v) is 6.95. The van der Waals surface area contributed by atoms with E-state index in [1.165, 1.54) is 0 Å². The molecule has 0 atom stereocenters. The smallest absolute Gasteiger partial charge is 0.166 e. The van der Waals surface area contributed by atoms with Crippen LogP contribution in [0.1, 0.15) is 57.9 Å². The molecule has 0 saturated carbocycles. The normalized spacial score (nSPS) is 11.2. The highest BCUT2D eigenvalue weighted by Gasteiger charge is 2.15. The van der Waals surface area contributed by atoms with Crippen LogP contribution in [0, 0.1) is 16.7 Å². The molecule has 0 aliphatic rings. The molecule has 0 saturated heterocycles. The van der Waals surface area contributed by atoms with Gasteiger partial charge < -0.3 is 5.32 Å². The molecule has 1 aromatic rings. The zero-order valence-electron chi connectivity index (χ0n) is 12.7. The fourth-order valence-electron chi connectivity index (χ4n) is 1.97. The van der Waals surface area contributed by atoms with Gasteiger partial charge in [0.2, 0.25) is 0 Å². The Balaban J connectivity index is 2.93. The fraction of sp³-hybridized carbons (Fsp3) is 0.667. The third-order valence-electron chi connectivity index (χ3n) is 3.13. The van der Waals surface area contributed by atoms with E-state index in [1.54, 1.807) is 0 Å². The Bertz CT molecular complexity index is 466. The summed E-state index contributed by atoms with van der Waals surface area (Å²) in [4.78, 5) is 0. The molecule has 0 spiro atoms. The third kappa shape index (κ3) is 4.20. The van der Waals surface area contributed by atoms with E-state index in [1.807, 2.05) is 6.92 Å². The van der Waals surface area contributed by atoms with Gasteiger partial charge in [-0.2, -0.15) is 10.4 Å². The van der Waals surface area contributed by atoms with Crippen molar-refractivity contribution in [3.8, 4) is 6.07 Å². The van der Waals surface area contributed by atoms with Crippen LogP contribution in [0.25, 0.3) is 0 Å². The van der Waals surface area contributed by atoms with Crippen molar-refractivity contribution < 1.29 is 0 Å². The summed E-state index contributed by atoms with van der Waals surface area (Å²) in [6, 6.07) is 2.27. The van der Waals surface area contributed by atoms with Crippen molar-refractivity contribution in [3.05, 3.63) is 16.8 Å². The number of hydrogen-bond acceptors (Lipinski definition) is 4. The molecule has 4 heteroatoms. The van der Waals surface area contributed by atoms with Gasteiger partial charge >= 0.3 is 0 Å². The maximum absolute atomic E-state index is 9.35. The number of aromatic nitrogens is 2. The molecule has 0 aromatic carbocycles. The highest BCUT2D eigenvalue weighted by Crippen LogP contribution is 2.22. The summed E-state index contributed by atoms with van der Waals surface area (Å²) in [5.74, 6) is 0.626. The zero-order valence-corrected chi connectivity index (χ0v) is 12.7. The maximum atomic E-state index is 9.35. The zero-order chi connectivity index (χ0) is 14.5. The van der Waals surface area contributed by atoms with Crippen LogP contribution in [-0.2, 0) is 12.8 Å². The monoisotopic (exact) mass is 260 g/mol. The van der Waals surface area contributed by atoms with Crippen LogP contribution < -0.4 is 5.32 Å². The summed E-state index contributed by atoms with van der Waals surface area (Å²) in [6.45, 7) is 11.5. The summed E-state index contributed by atoms with van der Waals surface area (Å²) in [5, 5.41) is 21.0. The van der Waals surface area contributed by atoms with Crippen LogP contribution in [0.3, 0.4) is 0 Å². The Hall–Kier alpha value is -1.63. The van der Waals surface area contributed by atoms with Gasteiger partial charge in [0.05, 0.1) is 5.69 Å². The molecule has 1 rings (SSSR count). The van der Waals surface area contributed by atoms with Crippen molar-refractivity contribution in [2.24, 2.45) is 5.41 Å². The molecule has 0 aliphatic heterocycles. The van der Waals surface area contributed by atoms with Gasteiger partial charge in [-0.3, -0.25) is 0 Å². The summed E-state index contributed by atoms with van der Waals surface area (Å²) < 4.78 is 0. The van der Waals surface area contributed by atoms with E-state index >= 15 is 0 Å². The lowest BCUT2D eigenvalue weighted by atomic mass is 9.92. The van der Waals surface area contributed by atoms with Crippen LogP contribution in [0.5, 0.6) is 0 Å². The number of rotatable bonds is 5. The standard InChI is InChI=1S/C15H24N4/c1-6-11-12(10-16)14(19-18-13(11)7-2)17-9-8-15(3,4)5/h6-9H2,1-5H3,(H,17,19). The molecule has 19 heavy (non-hydrogen) atoms. The predicted octanol–water partition coefficient (Wildman–Crippen LogP) is 3.32. The highest BCUT2D eigenvalue weighted by molar-refractivity contribution is 5.56. The summed E-state index contributed by atoms with van der Waals surface area (Å²) in [7, 11) is 0. The molecule has 0 amide bonds. The summed E-state index contributed by atoms with van der Waals surface area (Å²) in [5.41, 5.74) is 2.88. The van der Waals surface area contributed by atoms with Gasteiger partial charge in [0, 0.05) is 6.54 Å². The van der Waals surface area contributed by atoms with Crippen LogP contribution in [0.2, 0.25) is 0 Å². The molecule has 1 N–H and O–H groups in total. The van der Waals surface area contributed by atoms with Gasteiger partial charge in [0.1, 0.15) is 11.6 Å². The molecule has 0 radical (unpaired) electrons. The lowest BCUT2D eigenvalue weighted by Gasteiger charge is -2.19. The van der Waals surface area contributed by atoms with E-state index in [-0.39, 0.29) is 5.41 Å². The molecule has 0 fully saturated rings. The summed E-state index contributed by atoms with van der Waals surface area (Å²) >= 11 is 0. The number of anilines is 1. The van der Waals surface area contributed by atoms with E-state index in [2.05, 4.69) is 49.3 Å². The van der Waals surface area contributed by atoms with E-state index in [0.29, 0.717) is 11.4 Å². The van der Waals surface area contributed by atoms with Crippen molar-refractivity contribution in [1.29, 1.82) is 5.26 Å². The third-order valence-corrected chi connectivity index (χ3v) is 3.13. The average Bonchev–Trinajstić information content (AvgIpc) is 2.36. The van der Waals surface area contributed by atoms with Crippen LogP contribution >= 0.6 is 0 Å². The minimum absolute atomic E-state index is 0.268. The largest absolute Gasteiger partial charge is 0.367 e. The van der Waals surface area contributed by atoms with Crippen molar-refractivity contribution in [3.63, 3.8) is 0 Å². The quantitative estimate of drug-likeness (QED) is 0.882. The van der Waals surface area contributed by atoms with Gasteiger partial charge in [-0.1, -0.05) is 34.6 Å². The molecule has 0 unspecified atom stereocenters. The van der Waals surface area contributed by atoms with Crippen LogP contribution in [0.15, 0.2) is 0 Å². The van der Waals surface area contributed by atoms with Crippen LogP contribution in [0.4, 0.5) is 5.82 Å². The number of hydrogen-bond donors (Lipinski definition) is 1. The second-order valence-corrected chi connectivity index (χ2v) is 5.91. The number of nitrogens with zero attached hydrogens (tertiary/aromatic N) is 3. The molecular formula is C15H24N4. The van der Waals surface area contributed by atoms with E-state index in [0.717, 1.165) is 37.1 Å². The molecule has 4 nitrogen and oxygen atoms in total. The molecule has 1 aromatic heterocycles. The number of nitrogens with one attached hydrogen (secondary N) is 1. The summed E-state index contributed by atoms with van der Waals surface area (Å²) in [6.07, 6.45) is 2.65. The minimum atomic E-state index is 0.268. The second-order valence-electron chi connectivity index (χ2n) is 5.91. The Labute approximate surface area is 116 Å². The lowest BCUT2D eigenvalue weighted by molar-refractivity contribution is 0.389. The minimum Gasteiger partial charge on any atom is -0.367 e. The lowest BCUT2D eigenvalue weighted by Crippen LogP contribution is -2.15. The second kappa shape index (κ2) is 6.51. The van der Waals surface area contributed by atoms with Crippen molar-refractivity contribution >= 4 is 5.82 Å². The fourth-order valence-corrected chi connectivity index (χ4v) is 1.97. The van der Waals surface area contributed by atoms with Crippen molar-refractivity contribution in [1.82, 2.24) is 10.2 Å². The van der Waals surface area contributed by atoms with Crippen LogP contribution in [-0.4, -0.2) is 16.7 Å². The number of aryl methyl sites for hydroxylation is 1. The van der Waals surface area contributed by atoms with Crippen molar-refractivity contribution in [2.75, 3.05) is 11.9 Å². The van der Waals surface area contributed by atoms with Gasteiger partial charge in [0.15, 0.2) is 5.82 Å². The van der Waals surface area contributed by atoms with Gasteiger partial charge in [-0.15, -0.1) is 5.10 Å². The first-order chi connectivity index (χ1) is 8.92. The first kappa shape index (κ1) is 15.4. The average molecular weight is 260 g/mol. The predicted molar refractivity (Wildman–Crippen MR) is 78.1 cm³/mol. The highest BCUT2D eigenvalue weighted by atomic mass is 15.2. The van der Waals surface area contributed by atoms with Gasteiger partial charge in [-0.25, -0.2) is 0 Å². The SMILES string of the molecule is CCc1nnc(NCCC(C)(C)C)c(C#N)c1CC. The van der Waals surface area contributed by atoms with E-state index in [4.69, 9.17) is 0 Å². The molecule has 104 valence electrons. The van der Waals surface area contributed by atoms with Crippen molar-refractivity contribution in [2.45, 2.75) is 53.9 Å². The van der Waals surface area contributed by atoms with Gasteiger partial charge in [0.25, 0.3) is 0 Å². The Morgan fingerprint density at radius 1 is 1.16 bits per heavy atom. The Morgan fingerprint density at radius 3 is 2.32 bits per heavy atom. The Morgan fingerprint density at radius 2 is 1.84 bits per heavy atom. The first-order valence-electron chi connectivity index (χ1n) is 6.95. The molecule has 0 aliphatic carbocycles. The molecule has 0 bridgehead atoms.